The van der Waals surface area contributed by atoms with Gasteiger partial charge in [0.05, 0.1) is 19.4 Å². The van der Waals surface area contributed by atoms with Crippen LogP contribution in [0.25, 0.3) is 0 Å². The van der Waals surface area contributed by atoms with E-state index in [2.05, 4.69) is 10.4 Å². The summed E-state index contributed by atoms with van der Waals surface area (Å²) < 4.78 is 10.9. The molecule has 0 aromatic heterocycles. The second kappa shape index (κ2) is 7.72. The third-order valence-electron chi connectivity index (χ3n) is 4.43. The fourth-order valence-corrected chi connectivity index (χ4v) is 2.92. The number of methoxy groups -OCH3 is 1. The van der Waals surface area contributed by atoms with Crippen molar-refractivity contribution in [3.05, 3.63) is 59.7 Å². The van der Waals surface area contributed by atoms with E-state index >= 15 is 0 Å². The number of carbonyl (C=O) groups excluding carboxylic acids is 2. The summed E-state index contributed by atoms with van der Waals surface area (Å²) in [5.41, 5.74) is 0.122. The Kier molecular flexibility index (Phi) is 5.35. The van der Waals surface area contributed by atoms with Gasteiger partial charge < -0.3 is 14.8 Å². The lowest BCUT2D eigenvalue weighted by Gasteiger charge is -2.21. The Labute approximate surface area is 163 Å². The lowest BCUT2D eigenvalue weighted by Crippen LogP contribution is -2.40. The smallest absolute Gasteiger partial charge is 0.346 e. The van der Waals surface area contributed by atoms with Crippen molar-refractivity contribution in [2.24, 2.45) is 5.10 Å². The van der Waals surface area contributed by atoms with E-state index < -0.39 is 17.5 Å². The average molecular weight is 381 g/mol. The first-order valence-electron chi connectivity index (χ1n) is 8.96. The molecule has 1 fully saturated rings. The van der Waals surface area contributed by atoms with Crippen LogP contribution in [0.4, 0.5) is 4.79 Å². The van der Waals surface area contributed by atoms with Crippen molar-refractivity contribution in [2.75, 3.05) is 7.11 Å². The van der Waals surface area contributed by atoms with Crippen LogP contribution in [0.2, 0.25) is 0 Å². The lowest BCUT2D eigenvalue weighted by molar-refractivity contribution is -0.131. The fraction of sp³-hybridized carbons (Fsp3) is 0.286. The molecule has 146 valence electrons. The normalized spacial score (nSPS) is 19.4. The van der Waals surface area contributed by atoms with Gasteiger partial charge in [-0.05, 0) is 50.6 Å². The minimum Gasteiger partial charge on any atom is -0.497 e. The van der Waals surface area contributed by atoms with Crippen LogP contribution in [0.5, 0.6) is 11.5 Å². The zero-order chi connectivity index (χ0) is 20.3. The molecule has 0 saturated carbocycles. The average Bonchev–Trinajstić information content (AvgIpc) is 2.90. The summed E-state index contributed by atoms with van der Waals surface area (Å²) in [7, 11) is 1.57. The molecule has 7 heteroatoms. The molecule has 1 atom stereocenters. The van der Waals surface area contributed by atoms with Crippen LogP contribution in [0.3, 0.4) is 0 Å². The van der Waals surface area contributed by atoms with Gasteiger partial charge in [0.25, 0.3) is 5.91 Å². The number of urea groups is 1. The number of carbonyl (C=O) groups is 2. The van der Waals surface area contributed by atoms with Crippen LogP contribution in [0.15, 0.2) is 53.6 Å². The number of amides is 3. The van der Waals surface area contributed by atoms with E-state index in [-0.39, 0.29) is 6.10 Å². The Morgan fingerprint density at radius 3 is 2.43 bits per heavy atom. The number of hydrogen-bond acceptors (Lipinski definition) is 5. The third kappa shape index (κ3) is 3.69. The van der Waals surface area contributed by atoms with E-state index in [1.807, 2.05) is 38.1 Å². The van der Waals surface area contributed by atoms with Gasteiger partial charge in [-0.15, -0.1) is 5.01 Å². The molecule has 1 aliphatic rings. The Morgan fingerprint density at radius 2 is 1.79 bits per heavy atom. The second-order valence-electron chi connectivity index (χ2n) is 6.85. The number of para-hydroxylation sites is 1. The van der Waals surface area contributed by atoms with Gasteiger partial charge in [-0.1, -0.05) is 24.3 Å². The molecule has 28 heavy (non-hydrogen) atoms. The van der Waals surface area contributed by atoms with Gasteiger partial charge in [0.2, 0.25) is 0 Å². The quantitative estimate of drug-likeness (QED) is 0.615. The van der Waals surface area contributed by atoms with E-state index in [1.54, 1.807) is 38.3 Å². The van der Waals surface area contributed by atoms with Crippen LogP contribution >= 0.6 is 0 Å². The molecule has 1 unspecified atom stereocenters. The Bertz CT molecular complexity index is 908. The molecule has 0 bridgehead atoms. The molecule has 3 rings (SSSR count). The molecule has 1 heterocycles. The summed E-state index contributed by atoms with van der Waals surface area (Å²) in [6.45, 7) is 5.50. The Hall–Kier alpha value is -3.35. The van der Waals surface area contributed by atoms with Crippen molar-refractivity contribution >= 4 is 18.2 Å². The van der Waals surface area contributed by atoms with Crippen molar-refractivity contribution in [3.8, 4) is 11.5 Å². The van der Waals surface area contributed by atoms with Crippen LogP contribution in [-0.2, 0) is 10.3 Å². The number of hydrogen-bond donors (Lipinski definition) is 1. The molecule has 7 nitrogen and oxygen atoms in total. The third-order valence-corrected chi connectivity index (χ3v) is 4.43. The molecule has 2 aromatic carbocycles. The maximum atomic E-state index is 12.9. The number of rotatable bonds is 6. The summed E-state index contributed by atoms with van der Waals surface area (Å²) in [6.07, 6.45) is 1.44. The number of nitrogens with one attached hydrogen (secondary N) is 1. The van der Waals surface area contributed by atoms with Crippen molar-refractivity contribution < 1.29 is 19.1 Å². The highest BCUT2D eigenvalue weighted by Crippen LogP contribution is 2.30. The number of benzene rings is 2. The lowest BCUT2D eigenvalue weighted by atomic mass is 9.92. The number of ether oxygens (including phenoxy) is 2. The maximum Gasteiger partial charge on any atom is 0.346 e. The first-order chi connectivity index (χ1) is 13.3. The van der Waals surface area contributed by atoms with Crippen molar-refractivity contribution in [3.63, 3.8) is 0 Å². The molecule has 3 amide bonds. The number of nitrogens with zero attached hydrogens (tertiary/aromatic N) is 2. The molecule has 0 radical (unpaired) electrons. The maximum absolute atomic E-state index is 12.9. The first kappa shape index (κ1) is 19.4. The van der Waals surface area contributed by atoms with Crippen LogP contribution < -0.4 is 14.8 Å². The molecular formula is C21H23N3O4. The summed E-state index contributed by atoms with van der Waals surface area (Å²) in [6, 6.07) is 13.7. The predicted molar refractivity (Wildman–Crippen MR) is 106 cm³/mol. The van der Waals surface area contributed by atoms with Gasteiger partial charge in [-0.3, -0.25) is 4.79 Å². The number of hydrazone groups is 1. The molecule has 1 N–H and O–H groups in total. The van der Waals surface area contributed by atoms with Crippen molar-refractivity contribution in [2.45, 2.75) is 32.4 Å². The highest BCUT2D eigenvalue weighted by atomic mass is 16.5. The largest absolute Gasteiger partial charge is 0.497 e. The summed E-state index contributed by atoms with van der Waals surface area (Å²) in [5.74, 6) is 0.841. The first-order valence-corrected chi connectivity index (χ1v) is 8.96. The van der Waals surface area contributed by atoms with Gasteiger partial charge >= 0.3 is 6.03 Å². The number of imide groups is 1. The molecular weight excluding hydrogens is 358 g/mol. The summed E-state index contributed by atoms with van der Waals surface area (Å²) in [4.78, 5) is 25.3. The van der Waals surface area contributed by atoms with E-state index in [0.717, 1.165) is 5.01 Å². The monoisotopic (exact) mass is 381 g/mol. The molecule has 0 spiro atoms. The predicted octanol–water partition coefficient (Wildman–Crippen LogP) is 3.28. The topological polar surface area (TPSA) is 80.2 Å². The van der Waals surface area contributed by atoms with Crippen LogP contribution in [0.1, 0.15) is 31.9 Å². The SMILES string of the molecule is COc1ccc(C2(C)NC(=O)N(/N=C/c3ccccc3OC(C)C)C2=O)cc1. The second-order valence-corrected chi connectivity index (χ2v) is 6.85. The molecule has 1 saturated heterocycles. The van der Waals surface area contributed by atoms with Gasteiger partial charge in [0.15, 0.2) is 0 Å². The van der Waals surface area contributed by atoms with E-state index in [4.69, 9.17) is 9.47 Å². The van der Waals surface area contributed by atoms with Gasteiger partial charge in [-0.25, -0.2) is 4.79 Å². The summed E-state index contributed by atoms with van der Waals surface area (Å²) in [5, 5.41) is 7.68. The molecule has 0 aliphatic carbocycles. The minimum absolute atomic E-state index is 0.00960. The van der Waals surface area contributed by atoms with E-state index in [0.29, 0.717) is 22.6 Å². The highest BCUT2D eigenvalue weighted by molar-refractivity contribution is 6.07. The van der Waals surface area contributed by atoms with Gasteiger partial charge in [0, 0.05) is 5.56 Å². The van der Waals surface area contributed by atoms with Gasteiger partial charge in [0.1, 0.15) is 17.0 Å². The van der Waals surface area contributed by atoms with Crippen LogP contribution in [-0.4, -0.2) is 36.4 Å². The van der Waals surface area contributed by atoms with Crippen LogP contribution in [0, 0.1) is 0 Å². The van der Waals surface area contributed by atoms with E-state index in [1.165, 1.54) is 6.21 Å². The Morgan fingerprint density at radius 1 is 1.11 bits per heavy atom. The zero-order valence-electron chi connectivity index (χ0n) is 16.3. The van der Waals surface area contributed by atoms with Gasteiger partial charge in [-0.2, -0.15) is 5.10 Å². The van der Waals surface area contributed by atoms with E-state index in [9.17, 15) is 9.59 Å². The van der Waals surface area contributed by atoms with Crippen molar-refractivity contribution in [1.29, 1.82) is 0 Å². The standard InChI is InChI=1S/C21H23N3O4/c1-14(2)28-18-8-6-5-7-15(18)13-22-24-19(25)21(3,23-20(24)26)16-9-11-17(27-4)12-10-16/h5-14H,1-4H3,(H,23,26)/b22-13+. The van der Waals surface area contributed by atoms with Crippen molar-refractivity contribution in [1.82, 2.24) is 10.3 Å². The molecule has 1 aliphatic heterocycles. The summed E-state index contributed by atoms with van der Waals surface area (Å²) >= 11 is 0. The molecule has 2 aromatic rings. The Balaban J connectivity index is 1.85. The minimum atomic E-state index is -1.20. The highest BCUT2D eigenvalue weighted by Gasteiger charge is 2.49. The zero-order valence-corrected chi connectivity index (χ0v) is 16.3. The fourth-order valence-electron chi connectivity index (χ4n) is 2.92.